The second kappa shape index (κ2) is 6.61. The fourth-order valence-corrected chi connectivity index (χ4v) is 4.47. The van der Waals surface area contributed by atoms with Crippen LogP contribution in [-0.4, -0.2) is 32.2 Å². The highest BCUT2D eigenvalue weighted by molar-refractivity contribution is 9.10. The molecule has 0 bridgehead atoms. The van der Waals surface area contributed by atoms with Crippen LogP contribution in [-0.2, 0) is 16.4 Å². The Morgan fingerprint density at radius 1 is 1.42 bits per heavy atom. The molecule has 3 nitrogen and oxygen atoms in total. The summed E-state index contributed by atoms with van der Waals surface area (Å²) in [6.07, 6.45) is 3.82. The Hall–Kier alpha value is -0.0400. The molecule has 0 aromatic heterocycles. The van der Waals surface area contributed by atoms with Crippen molar-refractivity contribution in [2.75, 3.05) is 17.8 Å². The molecule has 0 aliphatic heterocycles. The summed E-state index contributed by atoms with van der Waals surface area (Å²) < 4.78 is 23.4. The average Bonchev–Trinajstić information content (AvgIpc) is 3.10. The fourth-order valence-electron chi connectivity index (χ4n) is 1.65. The van der Waals surface area contributed by atoms with E-state index < -0.39 is 9.84 Å². The third-order valence-electron chi connectivity index (χ3n) is 2.90. The van der Waals surface area contributed by atoms with Gasteiger partial charge in [-0.1, -0.05) is 22.0 Å². The van der Waals surface area contributed by atoms with Crippen molar-refractivity contribution in [1.29, 1.82) is 0 Å². The van der Waals surface area contributed by atoms with Crippen LogP contribution in [0.3, 0.4) is 0 Å². The van der Waals surface area contributed by atoms with E-state index in [-0.39, 0.29) is 5.75 Å². The predicted octanol–water partition coefficient (Wildman–Crippen LogP) is 2.84. The van der Waals surface area contributed by atoms with Crippen molar-refractivity contribution in [2.24, 2.45) is 0 Å². The molecular weight excluding hydrogens is 346 g/mol. The van der Waals surface area contributed by atoms with Crippen LogP contribution in [0.1, 0.15) is 18.4 Å². The highest BCUT2D eigenvalue weighted by Crippen LogP contribution is 2.28. The number of halogens is 1. The maximum absolute atomic E-state index is 11.2. The summed E-state index contributed by atoms with van der Waals surface area (Å²) in [6, 6.07) is 6.88. The standard InChI is InChI=1S/C13H18BrNO2S2/c1-19(16,17)7-6-18-13-8-11(14)3-2-10(13)9-15-12-4-5-12/h2-3,8,12,15H,4-7,9H2,1H3. The van der Waals surface area contributed by atoms with Gasteiger partial charge in [-0.3, -0.25) is 0 Å². The summed E-state index contributed by atoms with van der Waals surface area (Å²) in [5, 5.41) is 3.49. The van der Waals surface area contributed by atoms with Crippen LogP contribution in [0, 0.1) is 0 Å². The Balaban J connectivity index is 1.97. The first kappa shape index (κ1) is 15.4. The number of hydrogen-bond acceptors (Lipinski definition) is 4. The van der Waals surface area contributed by atoms with Gasteiger partial charge in [-0.2, -0.15) is 0 Å². The van der Waals surface area contributed by atoms with Crippen LogP contribution >= 0.6 is 27.7 Å². The van der Waals surface area contributed by atoms with Crippen molar-refractivity contribution in [3.8, 4) is 0 Å². The third-order valence-corrected chi connectivity index (χ3v) is 5.70. The monoisotopic (exact) mass is 363 g/mol. The molecule has 0 amide bonds. The van der Waals surface area contributed by atoms with Gasteiger partial charge in [-0.15, -0.1) is 11.8 Å². The number of thioether (sulfide) groups is 1. The third kappa shape index (κ3) is 5.85. The molecule has 1 aromatic carbocycles. The van der Waals surface area contributed by atoms with Crippen LogP contribution in [0.4, 0.5) is 0 Å². The Labute approximate surface area is 127 Å². The van der Waals surface area contributed by atoms with Gasteiger partial charge < -0.3 is 5.32 Å². The minimum atomic E-state index is -2.88. The predicted molar refractivity (Wildman–Crippen MR) is 84.4 cm³/mol. The van der Waals surface area contributed by atoms with Crippen molar-refractivity contribution in [1.82, 2.24) is 5.32 Å². The SMILES string of the molecule is CS(=O)(=O)CCSc1cc(Br)ccc1CNC1CC1. The van der Waals surface area contributed by atoms with Crippen molar-refractivity contribution in [2.45, 2.75) is 30.3 Å². The van der Waals surface area contributed by atoms with E-state index in [1.54, 1.807) is 11.8 Å². The summed E-state index contributed by atoms with van der Waals surface area (Å²) in [7, 11) is -2.88. The molecule has 1 N–H and O–H groups in total. The highest BCUT2D eigenvalue weighted by Gasteiger charge is 2.20. The summed E-state index contributed by atoms with van der Waals surface area (Å²) in [5.41, 5.74) is 1.24. The van der Waals surface area contributed by atoms with Crippen molar-refractivity contribution < 1.29 is 8.42 Å². The molecule has 1 aliphatic carbocycles. The molecule has 0 saturated heterocycles. The summed E-state index contributed by atoms with van der Waals surface area (Å²) in [5.74, 6) is 0.825. The van der Waals surface area contributed by atoms with Gasteiger partial charge in [0.2, 0.25) is 0 Å². The van der Waals surface area contributed by atoms with Gasteiger partial charge in [0.1, 0.15) is 9.84 Å². The van der Waals surface area contributed by atoms with Gasteiger partial charge in [0.05, 0.1) is 5.75 Å². The van der Waals surface area contributed by atoms with Crippen LogP contribution in [0.2, 0.25) is 0 Å². The first-order valence-corrected chi connectivity index (χ1v) is 10.1. The zero-order chi connectivity index (χ0) is 13.9. The molecule has 0 heterocycles. The van der Waals surface area contributed by atoms with Crippen molar-refractivity contribution >= 4 is 37.5 Å². The zero-order valence-electron chi connectivity index (χ0n) is 10.9. The molecule has 2 rings (SSSR count). The van der Waals surface area contributed by atoms with E-state index in [2.05, 4.69) is 33.4 Å². The molecule has 1 fully saturated rings. The lowest BCUT2D eigenvalue weighted by atomic mass is 10.2. The molecule has 0 radical (unpaired) electrons. The summed E-state index contributed by atoms with van der Waals surface area (Å²) in [4.78, 5) is 1.16. The number of benzene rings is 1. The van der Waals surface area contributed by atoms with E-state index >= 15 is 0 Å². The van der Waals surface area contributed by atoms with E-state index in [0.29, 0.717) is 11.8 Å². The second-order valence-corrected chi connectivity index (χ2v) is 9.20. The first-order chi connectivity index (χ1) is 8.94. The maximum atomic E-state index is 11.2. The molecule has 19 heavy (non-hydrogen) atoms. The van der Waals surface area contributed by atoms with E-state index in [9.17, 15) is 8.42 Å². The molecule has 6 heteroatoms. The molecule has 1 saturated carbocycles. The lowest BCUT2D eigenvalue weighted by Crippen LogP contribution is -2.16. The van der Waals surface area contributed by atoms with E-state index in [1.165, 1.54) is 24.7 Å². The Bertz CT molecular complexity index is 542. The van der Waals surface area contributed by atoms with Crippen LogP contribution < -0.4 is 5.32 Å². The number of nitrogens with one attached hydrogen (secondary N) is 1. The van der Waals surface area contributed by atoms with E-state index in [4.69, 9.17) is 0 Å². The quantitative estimate of drug-likeness (QED) is 0.756. The number of rotatable bonds is 7. The topological polar surface area (TPSA) is 46.2 Å². The highest BCUT2D eigenvalue weighted by atomic mass is 79.9. The Kier molecular flexibility index (Phi) is 5.34. The first-order valence-electron chi connectivity index (χ1n) is 6.26. The Morgan fingerprint density at radius 2 is 2.16 bits per heavy atom. The van der Waals surface area contributed by atoms with Crippen molar-refractivity contribution in [3.05, 3.63) is 28.2 Å². The normalized spacial score (nSPS) is 15.7. The van der Waals surface area contributed by atoms with Gasteiger partial charge >= 0.3 is 0 Å². The molecular formula is C13H18BrNO2S2. The van der Waals surface area contributed by atoms with Crippen LogP contribution in [0.25, 0.3) is 0 Å². The molecule has 0 atom stereocenters. The second-order valence-electron chi connectivity index (χ2n) is 4.89. The summed E-state index contributed by atoms with van der Waals surface area (Å²) >= 11 is 5.08. The van der Waals surface area contributed by atoms with Crippen molar-refractivity contribution in [3.63, 3.8) is 0 Å². The summed E-state index contributed by atoms with van der Waals surface area (Å²) in [6.45, 7) is 0.860. The lowest BCUT2D eigenvalue weighted by molar-refractivity contribution is 0.603. The lowest BCUT2D eigenvalue weighted by Gasteiger charge is -2.10. The van der Waals surface area contributed by atoms with Crippen LogP contribution in [0.15, 0.2) is 27.6 Å². The minimum absolute atomic E-state index is 0.222. The van der Waals surface area contributed by atoms with Crippen LogP contribution in [0.5, 0.6) is 0 Å². The minimum Gasteiger partial charge on any atom is -0.310 e. The van der Waals surface area contributed by atoms with E-state index in [0.717, 1.165) is 15.9 Å². The molecule has 1 aliphatic rings. The van der Waals surface area contributed by atoms with Gasteiger partial charge in [-0.25, -0.2) is 8.42 Å². The van der Waals surface area contributed by atoms with Gasteiger partial charge in [0, 0.05) is 34.0 Å². The van der Waals surface area contributed by atoms with E-state index in [1.807, 2.05) is 6.07 Å². The smallest absolute Gasteiger partial charge is 0.148 e. The molecule has 0 spiro atoms. The molecule has 1 aromatic rings. The zero-order valence-corrected chi connectivity index (χ0v) is 14.1. The average molecular weight is 364 g/mol. The van der Waals surface area contributed by atoms with Gasteiger partial charge in [0.25, 0.3) is 0 Å². The van der Waals surface area contributed by atoms with Gasteiger partial charge in [0.15, 0.2) is 0 Å². The van der Waals surface area contributed by atoms with Gasteiger partial charge in [-0.05, 0) is 30.5 Å². The molecule has 106 valence electrons. The maximum Gasteiger partial charge on any atom is 0.148 e. The number of hydrogen-bond donors (Lipinski definition) is 1. The number of sulfone groups is 1. The molecule has 0 unspecified atom stereocenters. The fraction of sp³-hybridized carbons (Fsp3) is 0.538. The largest absolute Gasteiger partial charge is 0.310 e. The Morgan fingerprint density at radius 3 is 2.79 bits per heavy atom.